The number of halogens is 2. The molecule has 0 fully saturated rings. The van der Waals surface area contributed by atoms with E-state index >= 15 is 0 Å². The minimum Gasteiger partial charge on any atom is -0.480 e. The third-order valence-electron chi connectivity index (χ3n) is 3.19. The predicted molar refractivity (Wildman–Crippen MR) is 87.2 cm³/mol. The topological polar surface area (TPSA) is 71.5 Å². The number of nitrogens with one attached hydrogen (secondary N) is 1. The molecule has 0 saturated carbocycles. The average Bonchev–Trinajstić information content (AvgIpc) is 2.54. The fourth-order valence-electron chi connectivity index (χ4n) is 2.13. The Morgan fingerprint density at radius 2 is 2.13 bits per heavy atom. The van der Waals surface area contributed by atoms with Gasteiger partial charge in [-0.05, 0) is 24.3 Å². The highest BCUT2D eigenvalue weighted by molar-refractivity contribution is 6.44. The monoisotopic (exact) mass is 351 g/mol. The minimum absolute atomic E-state index is 0.135. The van der Waals surface area contributed by atoms with Crippen LogP contribution in [0.1, 0.15) is 0 Å². The van der Waals surface area contributed by atoms with E-state index in [1.54, 1.807) is 30.3 Å². The third kappa shape index (κ3) is 3.23. The number of hydrogen-bond donors (Lipinski definition) is 1. The first-order valence-corrected chi connectivity index (χ1v) is 7.44. The zero-order chi connectivity index (χ0) is 16.4. The van der Waals surface area contributed by atoms with Crippen molar-refractivity contribution >= 4 is 46.5 Å². The van der Waals surface area contributed by atoms with Gasteiger partial charge < -0.3 is 10.1 Å². The second-order valence-electron chi connectivity index (χ2n) is 4.74. The zero-order valence-corrected chi connectivity index (χ0v) is 13.3. The summed E-state index contributed by atoms with van der Waals surface area (Å²) in [6.45, 7) is -0.334. The number of benzene rings is 1. The fraction of sp³-hybridized carbons (Fsp3) is 0.133. The van der Waals surface area contributed by atoms with Crippen LogP contribution in [0.25, 0.3) is 0 Å². The van der Waals surface area contributed by atoms with E-state index in [1.165, 1.54) is 11.1 Å². The number of pyridine rings is 1. The van der Waals surface area contributed by atoms with Gasteiger partial charge in [-0.15, -0.1) is 0 Å². The summed E-state index contributed by atoms with van der Waals surface area (Å²) in [5.74, 6) is 0.0151. The normalized spacial score (nSPS) is 13.3. The lowest BCUT2D eigenvalue weighted by atomic mass is 10.3. The van der Waals surface area contributed by atoms with Crippen LogP contribution in [0.3, 0.4) is 0 Å². The largest absolute Gasteiger partial charge is 0.480 e. The molecule has 2 aromatic rings. The number of rotatable bonds is 3. The highest BCUT2D eigenvalue weighted by Gasteiger charge is 2.28. The van der Waals surface area contributed by atoms with Crippen LogP contribution in [0.4, 0.5) is 11.5 Å². The van der Waals surface area contributed by atoms with Gasteiger partial charge in [0.2, 0.25) is 5.91 Å². The molecule has 3 rings (SSSR count). The number of aromatic nitrogens is 1. The van der Waals surface area contributed by atoms with Crippen molar-refractivity contribution in [3.8, 4) is 5.75 Å². The van der Waals surface area contributed by atoms with E-state index in [-0.39, 0.29) is 24.1 Å². The van der Waals surface area contributed by atoms with E-state index in [0.29, 0.717) is 22.3 Å². The van der Waals surface area contributed by atoms with Gasteiger partial charge >= 0.3 is 0 Å². The van der Waals surface area contributed by atoms with Crippen molar-refractivity contribution in [3.05, 3.63) is 46.6 Å². The van der Waals surface area contributed by atoms with E-state index < -0.39 is 5.91 Å². The Balaban J connectivity index is 1.78. The molecule has 0 radical (unpaired) electrons. The summed E-state index contributed by atoms with van der Waals surface area (Å²) in [6, 6.07) is 8.29. The molecule has 1 aliphatic heterocycles. The first-order chi connectivity index (χ1) is 11.1. The number of anilines is 2. The standard InChI is InChI=1S/C15H11Cl2N3O3/c16-9-3-1-4-10(14(9)17)19-12(21)7-20-13(22)8-23-11-5-2-6-18-15(11)20/h1-6H,7-8H2,(H,19,21). The van der Waals surface area contributed by atoms with Gasteiger partial charge in [0, 0.05) is 6.20 Å². The number of carbonyl (C=O) groups is 2. The highest BCUT2D eigenvalue weighted by Crippen LogP contribution is 2.31. The lowest BCUT2D eigenvalue weighted by molar-refractivity contribution is -0.123. The molecule has 0 saturated heterocycles. The smallest absolute Gasteiger partial charge is 0.266 e. The summed E-state index contributed by atoms with van der Waals surface area (Å²) in [5, 5.41) is 3.21. The van der Waals surface area contributed by atoms with Gasteiger partial charge in [0.1, 0.15) is 6.54 Å². The van der Waals surface area contributed by atoms with Crippen molar-refractivity contribution in [2.75, 3.05) is 23.4 Å². The van der Waals surface area contributed by atoms with Gasteiger partial charge in [0.05, 0.1) is 15.7 Å². The molecule has 1 aromatic heterocycles. The van der Waals surface area contributed by atoms with Gasteiger partial charge in [0.25, 0.3) is 5.91 Å². The Bertz CT molecular complexity index is 782. The minimum atomic E-state index is -0.416. The second-order valence-corrected chi connectivity index (χ2v) is 5.53. The first kappa shape index (κ1) is 15.6. The van der Waals surface area contributed by atoms with E-state index in [1.807, 2.05) is 0 Å². The van der Waals surface area contributed by atoms with Crippen LogP contribution in [-0.4, -0.2) is 29.9 Å². The van der Waals surface area contributed by atoms with Gasteiger partial charge in [-0.3, -0.25) is 14.5 Å². The number of fused-ring (bicyclic) bond motifs is 1. The van der Waals surface area contributed by atoms with Crippen molar-refractivity contribution in [1.29, 1.82) is 0 Å². The van der Waals surface area contributed by atoms with Crippen molar-refractivity contribution < 1.29 is 14.3 Å². The van der Waals surface area contributed by atoms with Crippen LogP contribution in [0.2, 0.25) is 10.0 Å². The van der Waals surface area contributed by atoms with Crippen LogP contribution in [0.5, 0.6) is 5.75 Å². The Morgan fingerprint density at radius 3 is 2.96 bits per heavy atom. The molecule has 1 N–H and O–H groups in total. The number of ether oxygens (including phenoxy) is 1. The predicted octanol–water partition coefficient (Wildman–Crippen LogP) is 2.75. The summed E-state index contributed by atoms with van der Waals surface area (Å²) < 4.78 is 5.28. The maximum absolute atomic E-state index is 12.2. The molecule has 0 aliphatic carbocycles. The lowest BCUT2D eigenvalue weighted by Gasteiger charge is -2.27. The molecule has 1 aliphatic rings. The average molecular weight is 352 g/mol. The van der Waals surface area contributed by atoms with Crippen molar-refractivity contribution in [2.24, 2.45) is 0 Å². The summed E-state index contributed by atoms with van der Waals surface area (Å²) in [5.41, 5.74) is 0.381. The molecule has 6 nitrogen and oxygen atoms in total. The number of nitrogens with zero attached hydrogens (tertiary/aromatic N) is 2. The molecule has 8 heteroatoms. The SMILES string of the molecule is O=C(CN1C(=O)COc2cccnc21)Nc1cccc(Cl)c1Cl. The molecule has 23 heavy (non-hydrogen) atoms. The van der Waals surface area contributed by atoms with E-state index in [0.717, 1.165) is 0 Å². The Hall–Kier alpha value is -2.31. The number of amides is 2. The summed E-state index contributed by atoms with van der Waals surface area (Å²) in [7, 11) is 0. The molecule has 2 amide bonds. The van der Waals surface area contributed by atoms with Crippen molar-refractivity contribution in [1.82, 2.24) is 4.98 Å². The van der Waals surface area contributed by atoms with Crippen LogP contribution >= 0.6 is 23.2 Å². The summed E-state index contributed by atoms with van der Waals surface area (Å²) >= 11 is 11.9. The number of carbonyl (C=O) groups excluding carboxylic acids is 2. The number of hydrogen-bond acceptors (Lipinski definition) is 4. The summed E-state index contributed by atoms with van der Waals surface area (Å²) in [6.07, 6.45) is 1.53. The highest BCUT2D eigenvalue weighted by atomic mass is 35.5. The van der Waals surface area contributed by atoms with E-state index in [4.69, 9.17) is 27.9 Å². The molecule has 0 atom stereocenters. The Labute approximate surface area is 142 Å². The summed E-state index contributed by atoms with van der Waals surface area (Å²) in [4.78, 5) is 29.6. The second kappa shape index (κ2) is 6.44. The van der Waals surface area contributed by atoms with Crippen molar-refractivity contribution in [3.63, 3.8) is 0 Å². The maximum Gasteiger partial charge on any atom is 0.266 e. The zero-order valence-electron chi connectivity index (χ0n) is 11.8. The fourth-order valence-corrected chi connectivity index (χ4v) is 2.48. The van der Waals surface area contributed by atoms with Gasteiger partial charge in [-0.1, -0.05) is 29.3 Å². The van der Waals surface area contributed by atoms with Gasteiger partial charge in [-0.25, -0.2) is 4.98 Å². The maximum atomic E-state index is 12.2. The van der Waals surface area contributed by atoms with Crippen molar-refractivity contribution in [2.45, 2.75) is 0 Å². The van der Waals surface area contributed by atoms with E-state index in [9.17, 15) is 9.59 Å². The Kier molecular flexibility index (Phi) is 4.36. The lowest BCUT2D eigenvalue weighted by Crippen LogP contribution is -2.43. The molecular formula is C15H11Cl2N3O3. The van der Waals surface area contributed by atoms with Crippen LogP contribution in [0, 0.1) is 0 Å². The van der Waals surface area contributed by atoms with E-state index in [2.05, 4.69) is 10.3 Å². The Morgan fingerprint density at radius 1 is 1.30 bits per heavy atom. The molecule has 0 spiro atoms. The first-order valence-electron chi connectivity index (χ1n) is 6.68. The van der Waals surface area contributed by atoms with Gasteiger partial charge in [-0.2, -0.15) is 0 Å². The molecule has 0 bridgehead atoms. The molecule has 118 valence electrons. The quantitative estimate of drug-likeness (QED) is 0.922. The van der Waals surface area contributed by atoms with Crippen LogP contribution in [0.15, 0.2) is 36.5 Å². The molecule has 0 unspecified atom stereocenters. The van der Waals surface area contributed by atoms with Gasteiger partial charge in [0.15, 0.2) is 18.2 Å². The molecule has 1 aromatic carbocycles. The third-order valence-corrected chi connectivity index (χ3v) is 4.01. The molecule has 2 heterocycles. The van der Waals surface area contributed by atoms with Crippen LogP contribution in [-0.2, 0) is 9.59 Å². The van der Waals surface area contributed by atoms with Crippen LogP contribution < -0.4 is 15.0 Å². The molecular weight excluding hydrogens is 341 g/mol.